The summed E-state index contributed by atoms with van der Waals surface area (Å²) in [6.07, 6.45) is 3.98. The van der Waals surface area contributed by atoms with Gasteiger partial charge in [-0.3, -0.25) is 4.79 Å². The second kappa shape index (κ2) is 8.91. The molecule has 2 aromatic heterocycles. The topological polar surface area (TPSA) is 85.8 Å². The van der Waals surface area contributed by atoms with Gasteiger partial charge in [-0.05, 0) is 24.1 Å². The Morgan fingerprint density at radius 3 is 2.74 bits per heavy atom. The highest BCUT2D eigenvalue weighted by Gasteiger charge is 2.21. The number of hydrogen-bond acceptors (Lipinski definition) is 5. The van der Waals surface area contributed by atoms with Crippen molar-refractivity contribution in [3.8, 4) is 11.4 Å². The minimum Gasteiger partial charge on any atom is -0.342 e. The number of aromatic nitrogens is 4. The number of nitrogens with one attached hydrogen (secondary N) is 1. The summed E-state index contributed by atoms with van der Waals surface area (Å²) in [5.41, 5.74) is 2.01. The maximum atomic E-state index is 13.8. The van der Waals surface area contributed by atoms with Crippen LogP contribution < -0.4 is 5.32 Å². The predicted molar refractivity (Wildman–Crippen MR) is 112 cm³/mol. The van der Waals surface area contributed by atoms with Crippen LogP contribution >= 0.6 is 0 Å². The third-order valence-electron chi connectivity index (χ3n) is 5.02. The molecule has 0 bridgehead atoms. The number of hydrogen-bond donors (Lipinski definition) is 1. The molecule has 2 heterocycles. The van der Waals surface area contributed by atoms with Gasteiger partial charge in [0.15, 0.2) is 0 Å². The van der Waals surface area contributed by atoms with Crippen molar-refractivity contribution in [3.63, 3.8) is 0 Å². The predicted octanol–water partition coefficient (Wildman–Crippen LogP) is 3.76. The first kappa shape index (κ1) is 20.5. The van der Waals surface area contributed by atoms with Gasteiger partial charge in [-0.1, -0.05) is 47.6 Å². The quantitative estimate of drug-likeness (QED) is 0.493. The molecule has 1 atom stereocenters. The first-order valence-corrected chi connectivity index (χ1v) is 9.92. The van der Waals surface area contributed by atoms with Crippen molar-refractivity contribution in [1.82, 2.24) is 25.0 Å². The van der Waals surface area contributed by atoms with E-state index in [0.29, 0.717) is 22.8 Å². The van der Waals surface area contributed by atoms with Crippen molar-refractivity contribution >= 4 is 5.91 Å². The molecule has 1 unspecified atom stereocenters. The molecule has 0 aliphatic heterocycles. The maximum absolute atomic E-state index is 13.8. The highest BCUT2D eigenvalue weighted by Crippen LogP contribution is 2.21. The van der Waals surface area contributed by atoms with Gasteiger partial charge in [-0.2, -0.15) is 4.98 Å². The number of carbonyl (C=O) groups excluding carboxylic acids is 1. The van der Waals surface area contributed by atoms with Crippen LogP contribution in [0, 0.1) is 12.7 Å². The largest absolute Gasteiger partial charge is 0.342 e. The van der Waals surface area contributed by atoms with E-state index in [-0.39, 0.29) is 30.6 Å². The molecular weight excluding hydrogens is 397 g/mol. The van der Waals surface area contributed by atoms with Gasteiger partial charge in [0, 0.05) is 37.8 Å². The molecule has 4 rings (SSSR count). The van der Waals surface area contributed by atoms with E-state index in [2.05, 4.69) is 20.4 Å². The highest BCUT2D eigenvalue weighted by molar-refractivity contribution is 5.77. The van der Waals surface area contributed by atoms with Crippen molar-refractivity contribution < 1.29 is 13.7 Å². The smallest absolute Gasteiger partial charge is 0.227 e. The first-order valence-electron chi connectivity index (χ1n) is 9.92. The van der Waals surface area contributed by atoms with Crippen molar-refractivity contribution in [3.05, 3.63) is 89.6 Å². The summed E-state index contributed by atoms with van der Waals surface area (Å²) in [7, 11) is 1.89. The Bertz CT molecular complexity index is 1190. The zero-order valence-corrected chi connectivity index (χ0v) is 17.2. The molecule has 0 aliphatic carbocycles. The number of aryl methyl sites for hydroxylation is 3. The number of nitrogens with zero attached hydrogens (tertiary/aromatic N) is 4. The lowest BCUT2D eigenvalue weighted by Crippen LogP contribution is -2.31. The van der Waals surface area contributed by atoms with E-state index >= 15 is 0 Å². The Balaban J connectivity index is 1.43. The molecule has 1 N–H and O–H groups in total. The van der Waals surface area contributed by atoms with Crippen LogP contribution in [0.5, 0.6) is 0 Å². The molecular formula is C23H22FN5O2. The second-order valence-corrected chi connectivity index (χ2v) is 7.28. The van der Waals surface area contributed by atoms with Crippen molar-refractivity contribution in [2.24, 2.45) is 7.05 Å². The Hall–Kier alpha value is -3.81. The Morgan fingerprint density at radius 2 is 2.03 bits per heavy atom. The molecule has 0 fully saturated rings. The molecule has 0 aliphatic rings. The molecule has 0 saturated carbocycles. The minimum absolute atomic E-state index is 0.164. The first-order chi connectivity index (χ1) is 15.0. The van der Waals surface area contributed by atoms with E-state index in [0.717, 1.165) is 11.4 Å². The van der Waals surface area contributed by atoms with E-state index in [9.17, 15) is 9.18 Å². The number of imidazole rings is 1. The molecule has 2 aromatic carbocycles. The molecule has 158 valence electrons. The summed E-state index contributed by atoms with van der Waals surface area (Å²) in [6.45, 7) is 1.69. The lowest BCUT2D eigenvalue weighted by atomic mass is 10.1. The molecule has 0 spiro atoms. The normalized spacial score (nSPS) is 12.0. The van der Waals surface area contributed by atoms with Crippen LogP contribution in [0.15, 0.2) is 65.4 Å². The molecule has 31 heavy (non-hydrogen) atoms. The zero-order chi connectivity index (χ0) is 21.8. The van der Waals surface area contributed by atoms with Gasteiger partial charge in [-0.25, -0.2) is 9.37 Å². The van der Waals surface area contributed by atoms with Gasteiger partial charge >= 0.3 is 0 Å². The van der Waals surface area contributed by atoms with Crippen molar-refractivity contribution in [1.29, 1.82) is 0 Å². The van der Waals surface area contributed by atoms with E-state index in [1.54, 1.807) is 25.3 Å². The number of carbonyl (C=O) groups is 1. The Labute approximate surface area is 178 Å². The van der Waals surface area contributed by atoms with Crippen LogP contribution in [0.4, 0.5) is 4.39 Å². The number of rotatable bonds is 7. The average molecular weight is 419 g/mol. The van der Waals surface area contributed by atoms with Gasteiger partial charge in [0.1, 0.15) is 17.7 Å². The van der Waals surface area contributed by atoms with E-state index in [4.69, 9.17) is 4.52 Å². The van der Waals surface area contributed by atoms with Crippen molar-refractivity contribution in [2.45, 2.75) is 25.8 Å². The summed E-state index contributed by atoms with van der Waals surface area (Å²) >= 11 is 0. The fraction of sp³-hybridized carbons (Fsp3) is 0.217. The van der Waals surface area contributed by atoms with Crippen LogP contribution in [0.25, 0.3) is 11.4 Å². The average Bonchev–Trinajstić information content (AvgIpc) is 3.42. The third kappa shape index (κ3) is 4.69. The van der Waals surface area contributed by atoms with Crippen LogP contribution in [0.3, 0.4) is 0 Å². The highest BCUT2D eigenvalue weighted by atomic mass is 19.1. The molecule has 1 amide bonds. The fourth-order valence-electron chi connectivity index (χ4n) is 3.26. The standard InChI is InChI=1S/C23H22FN5O2/c1-15-8-9-17(14-18(15)24)22-27-20(31-28-22)11-10-19(30)26-21(16-6-4-3-5-7-16)23-25-12-13-29(23)2/h3-9,12-14,21H,10-11H2,1-2H3,(H,26,30). The zero-order valence-electron chi connectivity index (χ0n) is 17.2. The summed E-state index contributed by atoms with van der Waals surface area (Å²) in [5, 5.41) is 6.94. The van der Waals surface area contributed by atoms with E-state index < -0.39 is 0 Å². The summed E-state index contributed by atoms with van der Waals surface area (Å²) in [6, 6.07) is 14.1. The lowest BCUT2D eigenvalue weighted by molar-refractivity contribution is -0.121. The fourth-order valence-corrected chi connectivity index (χ4v) is 3.26. The molecule has 4 aromatic rings. The van der Waals surface area contributed by atoms with Crippen LogP contribution in [0.2, 0.25) is 0 Å². The third-order valence-corrected chi connectivity index (χ3v) is 5.02. The maximum Gasteiger partial charge on any atom is 0.227 e. The SMILES string of the molecule is Cc1ccc(-c2noc(CCC(=O)NC(c3ccccc3)c3nccn3C)n2)cc1F. The molecule has 8 heteroatoms. The van der Waals surface area contributed by atoms with Gasteiger partial charge in [-0.15, -0.1) is 0 Å². The second-order valence-electron chi connectivity index (χ2n) is 7.28. The van der Waals surface area contributed by atoms with Gasteiger partial charge in [0.05, 0.1) is 0 Å². The summed E-state index contributed by atoms with van der Waals surface area (Å²) in [5.74, 6) is 0.854. The lowest BCUT2D eigenvalue weighted by Gasteiger charge is -2.19. The van der Waals surface area contributed by atoms with Crippen LogP contribution in [-0.4, -0.2) is 25.6 Å². The van der Waals surface area contributed by atoms with Crippen LogP contribution in [0.1, 0.15) is 35.3 Å². The van der Waals surface area contributed by atoms with Gasteiger partial charge in [0.2, 0.25) is 17.6 Å². The number of amides is 1. The van der Waals surface area contributed by atoms with Crippen LogP contribution in [-0.2, 0) is 18.3 Å². The number of benzene rings is 2. The number of halogens is 1. The van der Waals surface area contributed by atoms with E-state index in [1.807, 2.05) is 48.1 Å². The Morgan fingerprint density at radius 1 is 1.23 bits per heavy atom. The minimum atomic E-state index is -0.373. The van der Waals surface area contributed by atoms with E-state index in [1.165, 1.54) is 6.07 Å². The monoisotopic (exact) mass is 419 g/mol. The summed E-state index contributed by atoms with van der Waals surface area (Å²) < 4.78 is 20.9. The van der Waals surface area contributed by atoms with Gasteiger partial charge < -0.3 is 14.4 Å². The Kier molecular flexibility index (Phi) is 5.88. The molecule has 7 nitrogen and oxygen atoms in total. The molecule has 0 saturated heterocycles. The van der Waals surface area contributed by atoms with Gasteiger partial charge in [0.25, 0.3) is 0 Å². The molecule has 0 radical (unpaired) electrons. The van der Waals surface area contributed by atoms with Crippen molar-refractivity contribution in [2.75, 3.05) is 0 Å². The summed E-state index contributed by atoms with van der Waals surface area (Å²) in [4.78, 5) is 21.4.